The summed E-state index contributed by atoms with van der Waals surface area (Å²) in [6, 6.07) is 14.6. The summed E-state index contributed by atoms with van der Waals surface area (Å²) in [5.41, 5.74) is 0.465. The van der Waals surface area contributed by atoms with Crippen molar-refractivity contribution >= 4 is 46.4 Å². The van der Waals surface area contributed by atoms with Crippen molar-refractivity contribution in [3.63, 3.8) is 0 Å². The van der Waals surface area contributed by atoms with Crippen LogP contribution in [0.1, 0.15) is 24.2 Å². The standard InChI is InChI=1S/C29H27ClF2N4O4/c1-29(2)28(39)36(17-26(37)35-13-11-34(12-14-35)21-7-4-19(31)5-8-21)24-15-18(3-10-25(24)40-29)27(38)33-20-6-9-23(32)22(30)16-20/h3-10,15-16H,11-14,17H2,1-2H3,(H,33,38). The number of nitrogens with one attached hydrogen (secondary N) is 1. The minimum atomic E-state index is -1.22. The van der Waals surface area contributed by atoms with Crippen molar-refractivity contribution in [2.75, 3.05) is 47.8 Å². The Bertz CT molecular complexity index is 1470. The van der Waals surface area contributed by atoms with Crippen molar-refractivity contribution in [1.82, 2.24) is 4.90 Å². The molecule has 1 saturated heterocycles. The van der Waals surface area contributed by atoms with Gasteiger partial charge in [0.05, 0.1) is 10.7 Å². The van der Waals surface area contributed by atoms with Gasteiger partial charge >= 0.3 is 0 Å². The van der Waals surface area contributed by atoms with Gasteiger partial charge in [0.1, 0.15) is 23.9 Å². The zero-order chi connectivity index (χ0) is 28.6. The Balaban J connectivity index is 1.32. The molecule has 11 heteroatoms. The van der Waals surface area contributed by atoms with E-state index in [9.17, 15) is 23.2 Å². The molecule has 3 aromatic rings. The third-order valence-corrected chi connectivity index (χ3v) is 7.22. The highest BCUT2D eigenvalue weighted by atomic mass is 35.5. The van der Waals surface area contributed by atoms with E-state index in [1.165, 1.54) is 35.2 Å². The predicted octanol–water partition coefficient (Wildman–Crippen LogP) is 4.72. The quantitative estimate of drug-likeness (QED) is 0.481. The summed E-state index contributed by atoms with van der Waals surface area (Å²) in [7, 11) is 0. The van der Waals surface area contributed by atoms with Crippen LogP contribution in [0.3, 0.4) is 0 Å². The number of benzene rings is 3. The maximum absolute atomic E-state index is 13.5. The molecule has 2 heterocycles. The number of carbonyl (C=O) groups is 3. The van der Waals surface area contributed by atoms with Gasteiger partial charge < -0.3 is 19.9 Å². The zero-order valence-electron chi connectivity index (χ0n) is 21.9. The van der Waals surface area contributed by atoms with E-state index in [-0.39, 0.29) is 28.9 Å². The number of piperazine rings is 1. The number of anilines is 3. The molecule has 5 rings (SSSR count). The number of rotatable bonds is 5. The Morgan fingerprint density at radius 1 is 0.975 bits per heavy atom. The molecule has 0 radical (unpaired) electrons. The van der Waals surface area contributed by atoms with Crippen LogP contribution in [-0.2, 0) is 9.59 Å². The molecule has 8 nitrogen and oxygen atoms in total. The molecule has 40 heavy (non-hydrogen) atoms. The Morgan fingerprint density at radius 3 is 2.35 bits per heavy atom. The molecule has 1 fully saturated rings. The van der Waals surface area contributed by atoms with E-state index in [2.05, 4.69) is 10.2 Å². The lowest BCUT2D eigenvalue weighted by Crippen LogP contribution is -2.57. The fraction of sp³-hybridized carbons (Fsp3) is 0.276. The molecular weight excluding hydrogens is 542 g/mol. The molecule has 0 aromatic heterocycles. The second kappa shape index (κ2) is 10.8. The summed E-state index contributed by atoms with van der Waals surface area (Å²) >= 11 is 5.82. The first-order valence-electron chi connectivity index (χ1n) is 12.7. The van der Waals surface area contributed by atoms with Crippen molar-refractivity contribution in [3.05, 3.63) is 82.9 Å². The molecule has 2 aliphatic heterocycles. The summed E-state index contributed by atoms with van der Waals surface area (Å²) in [6.07, 6.45) is 0. The molecule has 3 aromatic carbocycles. The maximum Gasteiger partial charge on any atom is 0.271 e. The van der Waals surface area contributed by atoms with Gasteiger partial charge in [-0.2, -0.15) is 0 Å². The molecule has 2 aliphatic rings. The van der Waals surface area contributed by atoms with Crippen LogP contribution in [0.25, 0.3) is 0 Å². The molecule has 1 N–H and O–H groups in total. The van der Waals surface area contributed by atoms with Crippen molar-refractivity contribution in [2.45, 2.75) is 19.4 Å². The number of hydrogen-bond acceptors (Lipinski definition) is 5. The number of carbonyl (C=O) groups excluding carboxylic acids is 3. The topological polar surface area (TPSA) is 82.2 Å². The lowest BCUT2D eigenvalue weighted by molar-refractivity contribution is -0.136. The number of halogens is 3. The molecule has 0 bridgehead atoms. The van der Waals surface area contributed by atoms with Crippen LogP contribution in [0.4, 0.5) is 25.8 Å². The van der Waals surface area contributed by atoms with Crippen LogP contribution in [-0.4, -0.2) is 60.9 Å². The molecule has 3 amide bonds. The molecule has 208 valence electrons. The highest BCUT2D eigenvalue weighted by molar-refractivity contribution is 6.31. The first kappa shape index (κ1) is 27.4. The molecule has 0 atom stereocenters. The van der Waals surface area contributed by atoms with Gasteiger partial charge in [0, 0.05) is 43.1 Å². The molecule has 0 saturated carbocycles. The van der Waals surface area contributed by atoms with Crippen molar-refractivity contribution in [1.29, 1.82) is 0 Å². The predicted molar refractivity (Wildman–Crippen MR) is 148 cm³/mol. The SMILES string of the molecule is CC1(C)Oc2ccc(C(=O)Nc3ccc(F)c(Cl)c3)cc2N(CC(=O)N2CCN(c3ccc(F)cc3)CC2)C1=O. The van der Waals surface area contributed by atoms with E-state index in [1.54, 1.807) is 43.0 Å². The lowest BCUT2D eigenvalue weighted by Gasteiger charge is -2.40. The van der Waals surface area contributed by atoms with Crippen molar-refractivity contribution in [2.24, 2.45) is 0 Å². The number of nitrogens with zero attached hydrogens (tertiary/aromatic N) is 3. The van der Waals surface area contributed by atoms with Crippen molar-refractivity contribution in [3.8, 4) is 5.75 Å². The Labute approximate surface area is 235 Å². The van der Waals surface area contributed by atoms with E-state index in [4.69, 9.17) is 16.3 Å². The van der Waals surface area contributed by atoms with E-state index >= 15 is 0 Å². The largest absolute Gasteiger partial charge is 0.476 e. The van der Waals surface area contributed by atoms with Crippen LogP contribution in [0, 0.1) is 11.6 Å². The van der Waals surface area contributed by atoms with Crippen LogP contribution in [0.5, 0.6) is 5.75 Å². The normalized spacial score (nSPS) is 16.3. The van der Waals surface area contributed by atoms with Gasteiger partial charge in [-0.3, -0.25) is 19.3 Å². The van der Waals surface area contributed by atoms with Crippen LogP contribution in [0.2, 0.25) is 5.02 Å². The van der Waals surface area contributed by atoms with Gasteiger partial charge in [-0.05, 0) is 74.5 Å². The fourth-order valence-electron chi connectivity index (χ4n) is 4.74. The lowest BCUT2D eigenvalue weighted by atomic mass is 10.0. The molecule has 0 aliphatic carbocycles. The van der Waals surface area contributed by atoms with Gasteiger partial charge in [-0.15, -0.1) is 0 Å². The van der Waals surface area contributed by atoms with Crippen LogP contribution < -0.4 is 19.9 Å². The average molecular weight is 569 g/mol. The first-order valence-corrected chi connectivity index (χ1v) is 13.1. The first-order chi connectivity index (χ1) is 19.0. The van der Waals surface area contributed by atoms with E-state index in [0.717, 1.165) is 11.8 Å². The molecule has 0 unspecified atom stereocenters. The van der Waals surface area contributed by atoms with Crippen LogP contribution in [0.15, 0.2) is 60.7 Å². The van der Waals surface area contributed by atoms with Crippen molar-refractivity contribution < 1.29 is 27.9 Å². The highest BCUT2D eigenvalue weighted by Crippen LogP contribution is 2.38. The van der Waals surface area contributed by atoms with Gasteiger partial charge in [0.25, 0.3) is 11.8 Å². The van der Waals surface area contributed by atoms with E-state index in [1.807, 2.05) is 0 Å². The smallest absolute Gasteiger partial charge is 0.271 e. The molecular formula is C29H27ClF2N4O4. The molecule has 0 spiro atoms. The van der Waals surface area contributed by atoms with E-state index in [0.29, 0.717) is 43.3 Å². The highest BCUT2D eigenvalue weighted by Gasteiger charge is 2.42. The monoisotopic (exact) mass is 568 g/mol. The van der Waals surface area contributed by atoms with Gasteiger partial charge in [-0.25, -0.2) is 8.78 Å². The Kier molecular flexibility index (Phi) is 7.37. The summed E-state index contributed by atoms with van der Waals surface area (Å²) < 4.78 is 32.7. The minimum Gasteiger partial charge on any atom is -0.476 e. The van der Waals surface area contributed by atoms with Gasteiger partial charge in [0.2, 0.25) is 5.91 Å². The maximum atomic E-state index is 13.5. The average Bonchev–Trinajstić information content (AvgIpc) is 2.93. The second-order valence-electron chi connectivity index (χ2n) is 10.1. The third kappa shape index (κ3) is 5.58. The van der Waals surface area contributed by atoms with Gasteiger partial charge in [0.15, 0.2) is 5.60 Å². The fourth-order valence-corrected chi connectivity index (χ4v) is 4.92. The van der Waals surface area contributed by atoms with E-state index < -0.39 is 23.2 Å². The zero-order valence-corrected chi connectivity index (χ0v) is 22.7. The Hall–Kier alpha value is -4.18. The number of hydrogen-bond donors (Lipinski definition) is 1. The number of fused-ring (bicyclic) bond motifs is 1. The minimum absolute atomic E-state index is 0.132. The Morgan fingerprint density at radius 2 is 1.68 bits per heavy atom. The summed E-state index contributed by atoms with van der Waals surface area (Å²) in [5, 5.41) is 2.52. The number of ether oxygens (including phenoxy) is 1. The summed E-state index contributed by atoms with van der Waals surface area (Å²) in [6.45, 7) is 5.02. The third-order valence-electron chi connectivity index (χ3n) is 6.93. The summed E-state index contributed by atoms with van der Waals surface area (Å²) in [5.74, 6) is -1.72. The summed E-state index contributed by atoms with van der Waals surface area (Å²) in [4.78, 5) is 44.8. The second-order valence-corrected chi connectivity index (χ2v) is 10.5. The van der Waals surface area contributed by atoms with Gasteiger partial charge in [-0.1, -0.05) is 11.6 Å². The number of amides is 3. The van der Waals surface area contributed by atoms with Crippen LogP contribution >= 0.6 is 11.6 Å².